The molecule has 0 saturated carbocycles. The molecule has 2 aromatic heterocycles. The van der Waals surface area contributed by atoms with Crippen molar-refractivity contribution in [2.45, 2.75) is 26.8 Å². The number of fused-ring (bicyclic) bond motifs is 1. The molecule has 3 heterocycles. The van der Waals surface area contributed by atoms with Gasteiger partial charge in [0.2, 0.25) is 0 Å². The van der Waals surface area contributed by atoms with Crippen LogP contribution in [0.1, 0.15) is 35.9 Å². The van der Waals surface area contributed by atoms with Crippen LogP contribution in [0, 0.1) is 6.92 Å². The highest BCUT2D eigenvalue weighted by Gasteiger charge is 2.25. The summed E-state index contributed by atoms with van der Waals surface area (Å²) in [6.07, 6.45) is 1.85. The summed E-state index contributed by atoms with van der Waals surface area (Å²) in [7, 11) is 1.64. The molecule has 3 aromatic rings. The van der Waals surface area contributed by atoms with E-state index in [1.807, 2.05) is 39.1 Å². The fraction of sp³-hybridized carbons (Fsp3) is 0.500. The third-order valence-electron chi connectivity index (χ3n) is 5.49. The highest BCUT2D eigenvalue weighted by atomic mass is 32.1. The lowest BCUT2D eigenvalue weighted by Gasteiger charge is -2.29. The largest absolute Gasteiger partial charge is 0.494 e. The summed E-state index contributed by atoms with van der Waals surface area (Å²) in [6.45, 7) is 10.6. The molecule has 1 fully saturated rings. The number of hydrogen-bond donors (Lipinski definition) is 0. The first-order chi connectivity index (χ1) is 15.0. The number of benzene rings is 1. The van der Waals surface area contributed by atoms with Crippen LogP contribution in [0.3, 0.4) is 0 Å². The molecule has 1 saturated heterocycles. The Hall–Kier alpha value is -2.49. The summed E-state index contributed by atoms with van der Waals surface area (Å²) in [6, 6.07) is 5.92. The van der Waals surface area contributed by atoms with E-state index in [0.29, 0.717) is 23.1 Å². The Kier molecular flexibility index (Phi) is 6.54. The molecule has 0 unspecified atom stereocenters. The third-order valence-corrected chi connectivity index (χ3v) is 6.70. The van der Waals surface area contributed by atoms with Crippen molar-refractivity contribution in [2.24, 2.45) is 0 Å². The second-order valence-electron chi connectivity index (χ2n) is 7.94. The molecule has 9 heteroatoms. The van der Waals surface area contributed by atoms with E-state index in [9.17, 15) is 4.79 Å². The second kappa shape index (κ2) is 9.33. The normalized spacial score (nSPS) is 15.0. The van der Waals surface area contributed by atoms with Crippen LogP contribution in [0.4, 0.5) is 5.13 Å². The number of carbonyl (C=O) groups is 1. The molecule has 0 spiro atoms. The van der Waals surface area contributed by atoms with Crippen molar-refractivity contribution in [2.75, 3.05) is 51.4 Å². The molecule has 1 aromatic carbocycles. The number of hydrogen-bond acceptors (Lipinski definition) is 7. The Labute approximate surface area is 186 Å². The van der Waals surface area contributed by atoms with Gasteiger partial charge in [0.05, 0.1) is 25.0 Å². The van der Waals surface area contributed by atoms with Gasteiger partial charge in [-0.2, -0.15) is 5.10 Å². The Balaban J connectivity index is 1.68. The number of amides is 1. The number of ether oxygens (including phenoxy) is 2. The number of rotatable bonds is 7. The van der Waals surface area contributed by atoms with Crippen molar-refractivity contribution in [1.82, 2.24) is 19.7 Å². The maximum absolute atomic E-state index is 13.5. The smallest absolute Gasteiger partial charge is 0.280 e. The zero-order chi connectivity index (χ0) is 22.0. The number of anilines is 1. The van der Waals surface area contributed by atoms with Crippen LogP contribution in [0.15, 0.2) is 24.4 Å². The maximum atomic E-state index is 13.5. The molecule has 0 atom stereocenters. The number of nitrogens with zero attached hydrogens (tertiary/aromatic N) is 5. The zero-order valence-corrected chi connectivity index (χ0v) is 19.3. The van der Waals surface area contributed by atoms with E-state index in [2.05, 4.69) is 10.00 Å². The predicted molar refractivity (Wildman–Crippen MR) is 122 cm³/mol. The molecule has 4 rings (SSSR count). The van der Waals surface area contributed by atoms with Gasteiger partial charge in [0.1, 0.15) is 11.3 Å². The summed E-state index contributed by atoms with van der Waals surface area (Å²) in [5, 5.41) is 5.17. The lowest BCUT2D eigenvalue weighted by atomic mass is 10.2. The van der Waals surface area contributed by atoms with Gasteiger partial charge in [-0.05, 0) is 38.5 Å². The van der Waals surface area contributed by atoms with E-state index in [1.165, 1.54) is 11.3 Å². The summed E-state index contributed by atoms with van der Waals surface area (Å²) >= 11 is 1.52. The van der Waals surface area contributed by atoms with E-state index in [0.717, 1.165) is 48.6 Å². The zero-order valence-electron chi connectivity index (χ0n) is 18.5. The van der Waals surface area contributed by atoms with E-state index < -0.39 is 0 Å². The molecule has 1 amide bonds. The third kappa shape index (κ3) is 4.58. The first kappa shape index (κ1) is 21.7. The first-order valence-corrected chi connectivity index (χ1v) is 11.4. The van der Waals surface area contributed by atoms with Gasteiger partial charge in [0.25, 0.3) is 5.91 Å². The fourth-order valence-electron chi connectivity index (χ4n) is 3.61. The average molecular weight is 444 g/mol. The molecular weight excluding hydrogens is 414 g/mol. The Morgan fingerprint density at radius 3 is 2.74 bits per heavy atom. The summed E-state index contributed by atoms with van der Waals surface area (Å²) in [5.74, 6) is 0.580. The lowest BCUT2D eigenvalue weighted by molar-refractivity contribution is 0.0391. The van der Waals surface area contributed by atoms with Gasteiger partial charge < -0.3 is 9.47 Å². The predicted octanol–water partition coefficient (Wildman–Crippen LogP) is 3.37. The number of morpholine rings is 1. The Morgan fingerprint density at radius 2 is 2.06 bits per heavy atom. The van der Waals surface area contributed by atoms with E-state index >= 15 is 0 Å². The Morgan fingerprint density at radius 1 is 1.29 bits per heavy atom. The molecule has 1 aliphatic rings. The quantitative estimate of drug-likeness (QED) is 0.558. The highest BCUT2D eigenvalue weighted by molar-refractivity contribution is 7.22. The van der Waals surface area contributed by atoms with Crippen molar-refractivity contribution >= 4 is 32.6 Å². The number of aromatic nitrogens is 3. The highest BCUT2D eigenvalue weighted by Crippen LogP contribution is 2.36. The summed E-state index contributed by atoms with van der Waals surface area (Å²) < 4.78 is 13.8. The molecule has 8 nitrogen and oxygen atoms in total. The SMILES string of the molecule is COc1ccc(C)c2sc(N(CCN3CCOCC3)C(=O)c3ccn(C(C)C)n3)nc12. The molecule has 166 valence electrons. The minimum absolute atomic E-state index is 0.136. The van der Waals surface area contributed by atoms with Crippen LogP contribution in [-0.4, -0.2) is 72.1 Å². The van der Waals surface area contributed by atoms with E-state index in [4.69, 9.17) is 14.5 Å². The summed E-state index contributed by atoms with van der Waals surface area (Å²) in [4.78, 5) is 22.4. The minimum Gasteiger partial charge on any atom is -0.494 e. The molecule has 0 radical (unpaired) electrons. The van der Waals surface area contributed by atoms with Gasteiger partial charge in [-0.3, -0.25) is 19.3 Å². The van der Waals surface area contributed by atoms with Crippen LogP contribution in [0.25, 0.3) is 10.2 Å². The molecule has 1 aliphatic heterocycles. The topological polar surface area (TPSA) is 72.7 Å². The minimum atomic E-state index is -0.136. The monoisotopic (exact) mass is 443 g/mol. The molecule has 0 bridgehead atoms. The number of thiazole rings is 1. The Bertz CT molecular complexity index is 1050. The van der Waals surface area contributed by atoms with Gasteiger partial charge in [0, 0.05) is 38.4 Å². The second-order valence-corrected chi connectivity index (χ2v) is 8.92. The molecule has 0 N–H and O–H groups in total. The van der Waals surface area contributed by atoms with Crippen LogP contribution >= 0.6 is 11.3 Å². The fourth-order valence-corrected chi connectivity index (χ4v) is 4.68. The number of methoxy groups -OCH3 is 1. The average Bonchev–Trinajstić information content (AvgIpc) is 3.43. The van der Waals surface area contributed by atoms with Crippen LogP contribution in [0.5, 0.6) is 5.75 Å². The van der Waals surface area contributed by atoms with Gasteiger partial charge >= 0.3 is 0 Å². The van der Waals surface area contributed by atoms with Crippen LogP contribution in [0.2, 0.25) is 0 Å². The van der Waals surface area contributed by atoms with E-state index in [-0.39, 0.29) is 11.9 Å². The van der Waals surface area contributed by atoms with Crippen LogP contribution in [-0.2, 0) is 4.74 Å². The van der Waals surface area contributed by atoms with Gasteiger partial charge in [-0.15, -0.1) is 0 Å². The van der Waals surface area contributed by atoms with Gasteiger partial charge in [-0.25, -0.2) is 4.98 Å². The summed E-state index contributed by atoms with van der Waals surface area (Å²) in [5.41, 5.74) is 2.34. The number of carbonyl (C=O) groups excluding carboxylic acids is 1. The first-order valence-electron chi connectivity index (χ1n) is 10.6. The molecule has 31 heavy (non-hydrogen) atoms. The van der Waals surface area contributed by atoms with Gasteiger partial charge in [0.15, 0.2) is 10.8 Å². The molecular formula is C22H29N5O3S. The van der Waals surface area contributed by atoms with Crippen LogP contribution < -0.4 is 9.64 Å². The van der Waals surface area contributed by atoms with E-state index in [1.54, 1.807) is 22.8 Å². The van der Waals surface area contributed by atoms with Crippen molar-refractivity contribution < 1.29 is 14.3 Å². The standard InChI is InChI=1S/C22H29N5O3S/c1-15(2)27-8-7-17(24-27)21(28)26(10-9-25-11-13-30-14-12-25)22-23-19-18(29-4)6-5-16(3)20(19)31-22/h5-8,15H,9-14H2,1-4H3. The van der Waals surface area contributed by atoms with Crippen molar-refractivity contribution in [3.8, 4) is 5.75 Å². The maximum Gasteiger partial charge on any atom is 0.280 e. The van der Waals surface area contributed by atoms with Crippen molar-refractivity contribution in [3.63, 3.8) is 0 Å². The van der Waals surface area contributed by atoms with Crippen molar-refractivity contribution in [1.29, 1.82) is 0 Å². The number of aryl methyl sites for hydroxylation is 1. The molecule has 0 aliphatic carbocycles. The lowest BCUT2D eigenvalue weighted by Crippen LogP contribution is -2.43. The van der Waals surface area contributed by atoms with Gasteiger partial charge in [-0.1, -0.05) is 17.4 Å². The van der Waals surface area contributed by atoms with Crippen molar-refractivity contribution in [3.05, 3.63) is 35.7 Å².